The Hall–Kier alpha value is -0.840. The van der Waals surface area contributed by atoms with Crippen molar-refractivity contribution in [3.05, 3.63) is 23.1 Å². The zero-order valence-corrected chi connectivity index (χ0v) is 13.3. The van der Waals surface area contributed by atoms with Crippen LogP contribution in [0.25, 0.3) is 11.2 Å². The van der Waals surface area contributed by atoms with Crippen LogP contribution in [0, 0.1) is 0 Å². The first-order valence-electron chi connectivity index (χ1n) is 7.58. The average Bonchev–Trinajstić information content (AvgIpc) is 3.10. The van der Waals surface area contributed by atoms with Crippen LogP contribution in [0.3, 0.4) is 0 Å². The minimum Gasteiger partial charge on any atom is -0.308 e. The zero-order valence-electron chi connectivity index (χ0n) is 11.8. The Morgan fingerprint density at radius 2 is 2.10 bits per heavy atom. The van der Waals surface area contributed by atoms with E-state index in [0.29, 0.717) is 16.9 Å². The van der Waals surface area contributed by atoms with Crippen LogP contribution in [-0.4, -0.2) is 44.4 Å². The fourth-order valence-corrected chi connectivity index (χ4v) is 3.72. The summed E-state index contributed by atoms with van der Waals surface area (Å²) < 4.78 is 2.30. The van der Waals surface area contributed by atoms with Crippen LogP contribution in [0.1, 0.15) is 31.1 Å². The van der Waals surface area contributed by atoms with Crippen LogP contribution < -0.4 is 0 Å². The molecule has 2 aromatic rings. The Kier molecular flexibility index (Phi) is 3.56. The molecule has 1 saturated carbocycles. The lowest BCUT2D eigenvalue weighted by atomic mass is 10.2. The fraction of sp³-hybridized carbons (Fsp3) is 0.600. The van der Waals surface area contributed by atoms with Crippen molar-refractivity contribution in [2.24, 2.45) is 0 Å². The number of fused-ring (bicyclic) bond motifs is 1. The normalized spacial score (nSPS) is 23.2. The highest BCUT2D eigenvalue weighted by molar-refractivity contribution is 6.31. The molecular weight excluding hydrogens is 307 g/mol. The number of nitrogens with zero attached hydrogens (tertiary/aromatic N) is 4. The van der Waals surface area contributed by atoms with Crippen molar-refractivity contribution in [1.82, 2.24) is 19.4 Å². The predicted octanol–water partition coefficient (Wildman–Crippen LogP) is 3.28. The number of imidazole rings is 1. The Morgan fingerprint density at radius 3 is 2.86 bits per heavy atom. The molecule has 2 fully saturated rings. The first-order valence-corrected chi connectivity index (χ1v) is 8.50. The minimum atomic E-state index is 0.461. The molecule has 6 heteroatoms. The summed E-state index contributed by atoms with van der Waals surface area (Å²) in [4.78, 5) is 11.8. The predicted molar refractivity (Wildman–Crippen MR) is 85.2 cm³/mol. The number of aryl methyl sites for hydroxylation is 1. The van der Waals surface area contributed by atoms with Crippen LogP contribution in [-0.2, 0) is 6.42 Å². The van der Waals surface area contributed by atoms with Gasteiger partial charge in [-0.3, -0.25) is 4.90 Å². The molecule has 3 heterocycles. The first kappa shape index (κ1) is 13.8. The smallest absolute Gasteiger partial charge is 0.160 e. The van der Waals surface area contributed by atoms with Gasteiger partial charge >= 0.3 is 0 Å². The van der Waals surface area contributed by atoms with E-state index in [2.05, 4.69) is 14.5 Å². The molecule has 2 aromatic heterocycles. The van der Waals surface area contributed by atoms with Gasteiger partial charge in [-0.15, -0.1) is 11.6 Å². The van der Waals surface area contributed by atoms with Gasteiger partial charge < -0.3 is 4.57 Å². The van der Waals surface area contributed by atoms with Crippen molar-refractivity contribution in [3.63, 3.8) is 0 Å². The Bertz CT molecular complexity index is 665. The summed E-state index contributed by atoms with van der Waals surface area (Å²) in [5, 5.41) is 0.635. The number of hydrogen-bond acceptors (Lipinski definition) is 3. The van der Waals surface area contributed by atoms with Gasteiger partial charge in [-0.05, 0) is 25.3 Å². The summed E-state index contributed by atoms with van der Waals surface area (Å²) in [7, 11) is 0. The van der Waals surface area contributed by atoms with Gasteiger partial charge in [-0.25, -0.2) is 9.97 Å². The number of halogens is 2. The minimum absolute atomic E-state index is 0.461. The van der Waals surface area contributed by atoms with E-state index in [1.807, 2.05) is 6.07 Å². The molecule has 2 aliphatic rings. The largest absolute Gasteiger partial charge is 0.308 e. The van der Waals surface area contributed by atoms with Gasteiger partial charge in [0.2, 0.25) is 0 Å². The van der Waals surface area contributed by atoms with Crippen LogP contribution >= 0.6 is 23.2 Å². The molecule has 0 radical (unpaired) electrons. The maximum Gasteiger partial charge on any atom is 0.160 e. The van der Waals surface area contributed by atoms with Crippen molar-refractivity contribution < 1.29 is 0 Å². The highest BCUT2D eigenvalue weighted by atomic mass is 35.5. The topological polar surface area (TPSA) is 34.0 Å². The van der Waals surface area contributed by atoms with Crippen LogP contribution in [0.5, 0.6) is 0 Å². The van der Waals surface area contributed by atoms with E-state index in [0.717, 1.165) is 36.0 Å². The third kappa shape index (κ3) is 2.54. The SMILES string of the molecule is ClCCc1nc2cc(Cl)cnc2n1C1CCN(C2CC2)C1. The summed E-state index contributed by atoms with van der Waals surface area (Å²) in [6.07, 6.45) is 6.37. The number of rotatable bonds is 4. The standard InChI is InChI=1S/C15H18Cl2N4/c16-5-3-14-19-13-7-10(17)8-18-15(13)21(14)12-4-6-20(9-12)11-1-2-11/h7-8,11-12H,1-6,9H2. The van der Waals surface area contributed by atoms with Gasteiger partial charge in [-0.1, -0.05) is 11.6 Å². The fourth-order valence-electron chi connectivity index (χ4n) is 3.40. The average molecular weight is 325 g/mol. The summed E-state index contributed by atoms with van der Waals surface area (Å²) in [6.45, 7) is 2.29. The molecule has 1 saturated heterocycles. The lowest BCUT2D eigenvalue weighted by molar-refractivity contribution is 0.313. The molecule has 0 N–H and O–H groups in total. The maximum atomic E-state index is 6.04. The van der Waals surface area contributed by atoms with Crippen molar-refractivity contribution >= 4 is 34.4 Å². The zero-order chi connectivity index (χ0) is 14.4. The van der Waals surface area contributed by atoms with Crippen molar-refractivity contribution in [1.29, 1.82) is 0 Å². The lowest BCUT2D eigenvalue weighted by Crippen LogP contribution is -2.24. The quantitative estimate of drug-likeness (QED) is 0.809. The Morgan fingerprint density at radius 1 is 1.24 bits per heavy atom. The second-order valence-electron chi connectivity index (χ2n) is 6.00. The van der Waals surface area contributed by atoms with Crippen molar-refractivity contribution in [2.45, 2.75) is 37.8 Å². The maximum absolute atomic E-state index is 6.04. The summed E-state index contributed by atoms with van der Waals surface area (Å²) in [6, 6.07) is 3.18. The van der Waals surface area contributed by atoms with E-state index < -0.39 is 0 Å². The highest BCUT2D eigenvalue weighted by Crippen LogP contribution is 2.35. The molecule has 21 heavy (non-hydrogen) atoms. The molecule has 0 spiro atoms. The third-order valence-electron chi connectivity index (χ3n) is 4.51. The van der Waals surface area contributed by atoms with E-state index in [1.165, 1.54) is 25.8 Å². The second kappa shape index (κ2) is 5.41. The van der Waals surface area contributed by atoms with Gasteiger partial charge in [0.15, 0.2) is 5.65 Å². The number of hydrogen-bond donors (Lipinski definition) is 0. The molecule has 112 valence electrons. The van der Waals surface area contributed by atoms with Gasteiger partial charge in [0.25, 0.3) is 0 Å². The molecule has 0 bridgehead atoms. The van der Waals surface area contributed by atoms with E-state index >= 15 is 0 Å². The molecule has 4 nitrogen and oxygen atoms in total. The molecule has 1 aliphatic carbocycles. The molecule has 1 unspecified atom stereocenters. The van der Waals surface area contributed by atoms with E-state index in [9.17, 15) is 0 Å². The van der Waals surface area contributed by atoms with Gasteiger partial charge in [-0.2, -0.15) is 0 Å². The highest BCUT2D eigenvalue weighted by Gasteiger charge is 2.36. The van der Waals surface area contributed by atoms with Crippen molar-refractivity contribution in [3.8, 4) is 0 Å². The van der Waals surface area contributed by atoms with Gasteiger partial charge in [0, 0.05) is 37.6 Å². The van der Waals surface area contributed by atoms with Crippen LogP contribution in [0.2, 0.25) is 5.02 Å². The monoisotopic (exact) mass is 324 g/mol. The summed E-state index contributed by atoms with van der Waals surface area (Å²) in [5.41, 5.74) is 1.83. The molecular formula is C15H18Cl2N4. The number of aromatic nitrogens is 3. The molecule has 4 rings (SSSR count). The third-order valence-corrected chi connectivity index (χ3v) is 4.91. The Balaban J connectivity index is 1.73. The molecule has 0 aromatic carbocycles. The van der Waals surface area contributed by atoms with Crippen molar-refractivity contribution in [2.75, 3.05) is 19.0 Å². The van der Waals surface area contributed by atoms with E-state index in [4.69, 9.17) is 28.2 Å². The first-order chi connectivity index (χ1) is 10.3. The Labute approximate surface area is 134 Å². The van der Waals surface area contributed by atoms with E-state index in [-0.39, 0.29) is 0 Å². The van der Waals surface area contributed by atoms with Gasteiger partial charge in [0.1, 0.15) is 11.3 Å². The number of likely N-dealkylation sites (tertiary alicyclic amines) is 1. The molecule has 0 amide bonds. The van der Waals surface area contributed by atoms with Crippen LogP contribution in [0.15, 0.2) is 12.3 Å². The molecule has 1 atom stereocenters. The lowest BCUT2D eigenvalue weighted by Gasteiger charge is -2.18. The second-order valence-corrected chi connectivity index (χ2v) is 6.82. The number of pyridine rings is 1. The molecule has 1 aliphatic heterocycles. The van der Waals surface area contributed by atoms with Gasteiger partial charge in [0.05, 0.1) is 11.1 Å². The summed E-state index contributed by atoms with van der Waals surface area (Å²) >= 11 is 12.0. The van der Waals surface area contributed by atoms with Crippen LogP contribution in [0.4, 0.5) is 0 Å². The number of alkyl halides is 1. The summed E-state index contributed by atoms with van der Waals surface area (Å²) in [5.74, 6) is 1.62. The van der Waals surface area contributed by atoms with E-state index in [1.54, 1.807) is 6.20 Å².